The van der Waals surface area contributed by atoms with Crippen LogP contribution in [-0.4, -0.2) is 11.0 Å². The van der Waals surface area contributed by atoms with E-state index in [0.717, 1.165) is 16.7 Å². The van der Waals surface area contributed by atoms with Crippen LogP contribution < -0.4 is 5.43 Å². The Labute approximate surface area is 161 Å². The lowest BCUT2D eigenvalue weighted by atomic mass is 10.0. The Morgan fingerprint density at radius 1 is 1.07 bits per heavy atom. The van der Waals surface area contributed by atoms with Crippen LogP contribution >= 0.6 is 0 Å². The number of carbonyl (C=O) groups is 1. The molecular weight excluding hydrogens is 354 g/mol. The lowest BCUT2D eigenvalue weighted by molar-refractivity contribution is 0.0471. The Bertz CT molecular complexity index is 1270. The number of aryl methyl sites for hydroxylation is 3. The second-order valence-electron chi connectivity index (χ2n) is 6.92. The minimum Gasteiger partial charge on any atom is -0.457 e. The van der Waals surface area contributed by atoms with Gasteiger partial charge in [0.1, 0.15) is 12.2 Å². The molecule has 4 rings (SSSR count). The number of fused-ring (bicyclic) bond motifs is 2. The van der Waals surface area contributed by atoms with Gasteiger partial charge < -0.3 is 9.15 Å². The average Bonchev–Trinajstić information content (AvgIpc) is 2.66. The van der Waals surface area contributed by atoms with E-state index in [0.29, 0.717) is 16.7 Å². The minimum absolute atomic E-state index is 0.155. The molecule has 0 amide bonds. The Morgan fingerprint density at radius 3 is 2.57 bits per heavy atom. The number of esters is 1. The van der Waals surface area contributed by atoms with Crippen molar-refractivity contribution in [3.63, 3.8) is 0 Å². The first-order valence-corrected chi connectivity index (χ1v) is 9.00. The number of nitrogens with zero attached hydrogens (tertiary/aromatic N) is 1. The van der Waals surface area contributed by atoms with Crippen molar-refractivity contribution in [3.8, 4) is 0 Å². The van der Waals surface area contributed by atoms with Crippen LogP contribution in [-0.2, 0) is 11.3 Å². The van der Waals surface area contributed by atoms with Gasteiger partial charge in [-0.15, -0.1) is 0 Å². The third-order valence-electron chi connectivity index (χ3n) is 4.73. The van der Waals surface area contributed by atoms with Gasteiger partial charge in [-0.1, -0.05) is 36.4 Å². The molecule has 0 radical (unpaired) electrons. The molecule has 2 heterocycles. The number of pyridine rings is 1. The van der Waals surface area contributed by atoms with E-state index >= 15 is 0 Å². The Hall–Kier alpha value is -3.47. The third-order valence-corrected chi connectivity index (χ3v) is 4.73. The highest BCUT2D eigenvalue weighted by atomic mass is 16.5. The fourth-order valence-electron chi connectivity index (χ4n) is 3.37. The van der Waals surface area contributed by atoms with Crippen molar-refractivity contribution in [2.24, 2.45) is 0 Å². The summed E-state index contributed by atoms with van der Waals surface area (Å²) in [4.78, 5) is 30.0. The molecule has 0 aliphatic carbocycles. The summed E-state index contributed by atoms with van der Waals surface area (Å²) in [5, 5.41) is 0.782. The smallest absolute Gasteiger partial charge is 0.340 e. The maximum Gasteiger partial charge on any atom is 0.340 e. The highest BCUT2D eigenvalue weighted by Gasteiger charge is 2.18. The number of ether oxygens (including phenoxy) is 1. The van der Waals surface area contributed by atoms with Crippen molar-refractivity contribution in [2.45, 2.75) is 27.4 Å². The number of rotatable bonds is 3. The van der Waals surface area contributed by atoms with Crippen LogP contribution in [0.2, 0.25) is 0 Å². The maximum absolute atomic E-state index is 13.0. The summed E-state index contributed by atoms with van der Waals surface area (Å²) < 4.78 is 11.3. The highest BCUT2D eigenvalue weighted by Crippen LogP contribution is 2.23. The third kappa shape index (κ3) is 3.16. The van der Waals surface area contributed by atoms with E-state index < -0.39 is 5.97 Å². The molecule has 140 valence electrons. The first-order chi connectivity index (χ1) is 13.4. The van der Waals surface area contributed by atoms with Crippen molar-refractivity contribution in [2.75, 3.05) is 0 Å². The van der Waals surface area contributed by atoms with Gasteiger partial charge in [-0.05, 0) is 49.6 Å². The molecule has 5 nitrogen and oxygen atoms in total. The standard InChI is InChI=1S/C23H19NO4/c1-13-9-14(2)20-19(10-13)28-22-18(21(20)25)11-17(15(3)24-22)23(26)27-12-16-7-5-4-6-8-16/h4-11H,12H2,1-3H3. The molecule has 5 heteroatoms. The van der Waals surface area contributed by atoms with Crippen LogP contribution in [0.1, 0.15) is 32.7 Å². The van der Waals surface area contributed by atoms with Gasteiger partial charge in [-0.2, -0.15) is 0 Å². The van der Waals surface area contributed by atoms with E-state index in [9.17, 15) is 9.59 Å². The van der Waals surface area contributed by atoms with Gasteiger partial charge in [-0.25, -0.2) is 9.78 Å². The van der Waals surface area contributed by atoms with Crippen molar-refractivity contribution < 1.29 is 13.9 Å². The van der Waals surface area contributed by atoms with Crippen LogP contribution in [0, 0.1) is 20.8 Å². The van der Waals surface area contributed by atoms with E-state index in [1.54, 1.807) is 6.92 Å². The van der Waals surface area contributed by atoms with Crippen molar-refractivity contribution >= 4 is 28.0 Å². The number of hydrogen-bond acceptors (Lipinski definition) is 5. The molecule has 0 fully saturated rings. The van der Waals surface area contributed by atoms with E-state index in [2.05, 4.69) is 4.98 Å². The monoisotopic (exact) mass is 373 g/mol. The van der Waals surface area contributed by atoms with Gasteiger partial charge in [0.05, 0.1) is 22.0 Å². The molecule has 2 aromatic carbocycles. The van der Waals surface area contributed by atoms with Gasteiger partial charge in [0.25, 0.3) is 0 Å². The number of benzene rings is 2. The van der Waals surface area contributed by atoms with Gasteiger partial charge >= 0.3 is 5.97 Å². The van der Waals surface area contributed by atoms with E-state index in [4.69, 9.17) is 9.15 Å². The van der Waals surface area contributed by atoms with Crippen molar-refractivity contribution in [3.05, 3.63) is 86.7 Å². The predicted octanol–water partition coefficient (Wildman–Crippen LogP) is 4.62. The normalized spacial score (nSPS) is 11.1. The predicted molar refractivity (Wildman–Crippen MR) is 108 cm³/mol. The molecule has 4 aromatic rings. The molecule has 0 bridgehead atoms. The molecule has 0 saturated carbocycles. The zero-order valence-electron chi connectivity index (χ0n) is 15.9. The van der Waals surface area contributed by atoms with E-state index in [1.807, 2.05) is 56.3 Å². The maximum atomic E-state index is 13.0. The van der Waals surface area contributed by atoms with Crippen molar-refractivity contribution in [1.29, 1.82) is 0 Å². The molecule has 0 saturated heterocycles. The first-order valence-electron chi connectivity index (χ1n) is 9.00. The van der Waals surface area contributed by atoms with Crippen LogP contribution in [0.5, 0.6) is 0 Å². The second-order valence-corrected chi connectivity index (χ2v) is 6.92. The fourth-order valence-corrected chi connectivity index (χ4v) is 3.37. The summed E-state index contributed by atoms with van der Waals surface area (Å²) in [6.07, 6.45) is 0. The van der Waals surface area contributed by atoms with Crippen LogP contribution in [0.25, 0.3) is 22.1 Å². The number of hydrogen-bond donors (Lipinski definition) is 0. The van der Waals surface area contributed by atoms with E-state index in [1.165, 1.54) is 6.07 Å². The topological polar surface area (TPSA) is 69.4 Å². The zero-order chi connectivity index (χ0) is 19.8. The summed E-state index contributed by atoms with van der Waals surface area (Å²) in [5.41, 5.74) is 3.97. The summed E-state index contributed by atoms with van der Waals surface area (Å²) >= 11 is 0. The molecule has 0 atom stereocenters. The highest BCUT2D eigenvalue weighted by molar-refractivity contribution is 5.97. The number of aromatic nitrogens is 1. The van der Waals surface area contributed by atoms with Crippen molar-refractivity contribution in [1.82, 2.24) is 4.98 Å². The molecule has 0 spiro atoms. The Kier molecular flexibility index (Phi) is 4.43. The molecule has 0 aliphatic heterocycles. The fraction of sp³-hybridized carbons (Fsp3) is 0.174. The molecule has 0 unspecified atom stereocenters. The van der Waals surface area contributed by atoms with Crippen LogP contribution in [0.15, 0.2) is 57.7 Å². The quantitative estimate of drug-likeness (QED) is 0.387. The van der Waals surface area contributed by atoms with Crippen LogP contribution in [0.4, 0.5) is 0 Å². The minimum atomic E-state index is -0.518. The first kappa shape index (κ1) is 17.9. The average molecular weight is 373 g/mol. The Morgan fingerprint density at radius 2 is 1.82 bits per heavy atom. The second kappa shape index (κ2) is 6.93. The SMILES string of the molecule is Cc1cc(C)c2c(=O)c3cc(C(=O)OCc4ccccc4)c(C)nc3oc2c1. The van der Waals surface area contributed by atoms with Gasteiger partial charge in [0.15, 0.2) is 0 Å². The lowest BCUT2D eigenvalue weighted by Crippen LogP contribution is -2.12. The molecule has 2 aromatic heterocycles. The number of carbonyl (C=O) groups excluding carboxylic acids is 1. The largest absolute Gasteiger partial charge is 0.457 e. The molecule has 0 N–H and O–H groups in total. The lowest BCUT2D eigenvalue weighted by Gasteiger charge is -2.09. The van der Waals surface area contributed by atoms with Crippen LogP contribution in [0.3, 0.4) is 0 Å². The Balaban J connectivity index is 1.79. The molecular formula is C23H19NO4. The molecule has 28 heavy (non-hydrogen) atoms. The molecule has 0 aliphatic rings. The van der Waals surface area contributed by atoms with Gasteiger partial charge in [0, 0.05) is 0 Å². The summed E-state index contributed by atoms with van der Waals surface area (Å²) in [6.45, 7) is 5.67. The summed E-state index contributed by atoms with van der Waals surface area (Å²) in [6, 6.07) is 14.7. The summed E-state index contributed by atoms with van der Waals surface area (Å²) in [7, 11) is 0. The van der Waals surface area contributed by atoms with Gasteiger partial charge in [-0.3, -0.25) is 4.79 Å². The summed E-state index contributed by atoms with van der Waals surface area (Å²) in [5.74, 6) is -0.518. The van der Waals surface area contributed by atoms with E-state index in [-0.39, 0.29) is 28.7 Å². The van der Waals surface area contributed by atoms with Gasteiger partial charge in [0.2, 0.25) is 11.1 Å². The zero-order valence-corrected chi connectivity index (χ0v) is 15.9.